The van der Waals surface area contributed by atoms with Gasteiger partial charge in [-0.15, -0.1) is 0 Å². The number of hydrogen-bond acceptors (Lipinski definition) is 3. The summed E-state index contributed by atoms with van der Waals surface area (Å²) in [5.74, 6) is -0.806. The van der Waals surface area contributed by atoms with Crippen LogP contribution in [0.3, 0.4) is 0 Å². The van der Waals surface area contributed by atoms with Gasteiger partial charge in [-0.3, -0.25) is 4.79 Å². The van der Waals surface area contributed by atoms with E-state index in [1.54, 1.807) is 30.3 Å². The van der Waals surface area contributed by atoms with Crippen LogP contribution in [-0.4, -0.2) is 12.9 Å². The number of nitriles is 1. The highest BCUT2D eigenvalue weighted by Gasteiger charge is 2.07. The molecule has 0 spiro atoms. The van der Waals surface area contributed by atoms with Crippen molar-refractivity contribution in [1.29, 1.82) is 5.26 Å². The maximum Gasteiger partial charge on any atom is 0.185 e. The Morgan fingerprint density at radius 2 is 2.10 bits per heavy atom. The van der Waals surface area contributed by atoms with Gasteiger partial charge in [-0.05, 0) is 42.0 Å². The summed E-state index contributed by atoms with van der Waals surface area (Å²) < 4.78 is 18.3. The lowest BCUT2D eigenvalue weighted by molar-refractivity contribution is 0.104. The third kappa shape index (κ3) is 3.54. The normalized spacial score (nSPS) is 10.3. The van der Waals surface area contributed by atoms with Gasteiger partial charge in [-0.2, -0.15) is 5.26 Å². The van der Waals surface area contributed by atoms with Crippen molar-refractivity contribution in [2.75, 3.05) is 7.11 Å². The van der Waals surface area contributed by atoms with Crippen molar-refractivity contribution in [3.63, 3.8) is 0 Å². The average Bonchev–Trinajstić information content (AvgIpc) is 2.52. The van der Waals surface area contributed by atoms with E-state index in [1.807, 2.05) is 6.07 Å². The monoisotopic (exact) mass is 281 g/mol. The van der Waals surface area contributed by atoms with Crippen molar-refractivity contribution in [2.24, 2.45) is 0 Å². The molecule has 0 aromatic heterocycles. The minimum Gasteiger partial charge on any atom is -0.494 e. The number of rotatable bonds is 4. The predicted molar refractivity (Wildman–Crippen MR) is 77.5 cm³/mol. The van der Waals surface area contributed by atoms with Crippen LogP contribution >= 0.6 is 0 Å². The van der Waals surface area contributed by atoms with Crippen LogP contribution in [0, 0.1) is 17.1 Å². The summed E-state index contributed by atoms with van der Waals surface area (Å²) in [6, 6.07) is 12.9. The molecule has 0 saturated heterocycles. The van der Waals surface area contributed by atoms with Crippen molar-refractivity contribution in [3.8, 4) is 11.8 Å². The van der Waals surface area contributed by atoms with E-state index in [-0.39, 0.29) is 17.1 Å². The molecule has 2 aromatic rings. The zero-order valence-corrected chi connectivity index (χ0v) is 11.3. The first kappa shape index (κ1) is 14.5. The van der Waals surface area contributed by atoms with Crippen molar-refractivity contribution < 1.29 is 13.9 Å². The molecule has 0 aliphatic carbocycles. The third-order valence-electron chi connectivity index (χ3n) is 2.88. The van der Waals surface area contributed by atoms with Gasteiger partial charge in [0.25, 0.3) is 0 Å². The van der Waals surface area contributed by atoms with Gasteiger partial charge in [0.2, 0.25) is 0 Å². The molecule has 0 bridgehead atoms. The molecular formula is C17H12FNO2. The van der Waals surface area contributed by atoms with E-state index in [0.29, 0.717) is 5.56 Å². The predicted octanol–water partition coefficient (Wildman–Crippen LogP) is 3.60. The highest BCUT2D eigenvalue weighted by Crippen LogP contribution is 2.18. The van der Waals surface area contributed by atoms with Crippen molar-refractivity contribution in [2.45, 2.75) is 0 Å². The maximum absolute atomic E-state index is 13.5. The van der Waals surface area contributed by atoms with Gasteiger partial charge in [-0.25, -0.2) is 4.39 Å². The first-order valence-corrected chi connectivity index (χ1v) is 6.20. The molecule has 0 unspecified atom stereocenters. The minimum absolute atomic E-state index is 0.0947. The summed E-state index contributed by atoms with van der Waals surface area (Å²) in [6.07, 6.45) is 2.93. The number of ether oxygens (including phenoxy) is 1. The summed E-state index contributed by atoms with van der Waals surface area (Å²) >= 11 is 0. The molecule has 0 aliphatic heterocycles. The van der Waals surface area contributed by atoms with E-state index in [0.717, 1.165) is 11.6 Å². The summed E-state index contributed by atoms with van der Waals surface area (Å²) in [5.41, 5.74) is 1.48. The summed E-state index contributed by atoms with van der Waals surface area (Å²) in [6.45, 7) is 0. The smallest absolute Gasteiger partial charge is 0.185 e. The molecule has 0 atom stereocenters. The Balaban J connectivity index is 2.19. The van der Waals surface area contributed by atoms with Gasteiger partial charge in [0, 0.05) is 5.56 Å². The zero-order chi connectivity index (χ0) is 15.2. The van der Waals surface area contributed by atoms with Crippen molar-refractivity contribution >= 4 is 11.9 Å². The van der Waals surface area contributed by atoms with E-state index in [9.17, 15) is 9.18 Å². The Hall–Kier alpha value is -2.93. The summed E-state index contributed by atoms with van der Waals surface area (Å²) in [7, 11) is 1.36. The lowest BCUT2D eigenvalue weighted by Crippen LogP contribution is -1.97. The molecule has 21 heavy (non-hydrogen) atoms. The molecular weight excluding hydrogens is 269 g/mol. The molecule has 0 heterocycles. The molecule has 2 aromatic carbocycles. The van der Waals surface area contributed by atoms with E-state index >= 15 is 0 Å². The van der Waals surface area contributed by atoms with E-state index in [1.165, 1.54) is 25.3 Å². The van der Waals surface area contributed by atoms with Crippen LogP contribution in [0.25, 0.3) is 6.08 Å². The second-order valence-corrected chi connectivity index (χ2v) is 4.28. The molecule has 4 heteroatoms. The number of allylic oxidation sites excluding steroid dienone is 1. The van der Waals surface area contributed by atoms with Crippen LogP contribution in [0.15, 0.2) is 48.5 Å². The van der Waals surface area contributed by atoms with E-state index < -0.39 is 5.82 Å². The van der Waals surface area contributed by atoms with Crippen molar-refractivity contribution in [3.05, 3.63) is 71.0 Å². The van der Waals surface area contributed by atoms with Crippen LogP contribution < -0.4 is 4.74 Å². The fourth-order valence-electron chi connectivity index (χ4n) is 1.80. The Labute approximate surface area is 121 Å². The quantitative estimate of drug-likeness (QED) is 0.635. The van der Waals surface area contributed by atoms with Gasteiger partial charge in [0.15, 0.2) is 17.3 Å². The second kappa shape index (κ2) is 6.49. The zero-order valence-electron chi connectivity index (χ0n) is 11.3. The molecule has 0 radical (unpaired) electrons. The molecule has 0 aliphatic rings. The molecule has 0 N–H and O–H groups in total. The number of carbonyl (C=O) groups excluding carboxylic acids is 1. The highest BCUT2D eigenvalue weighted by atomic mass is 19.1. The number of carbonyl (C=O) groups is 1. The van der Waals surface area contributed by atoms with Crippen LogP contribution in [0.1, 0.15) is 21.5 Å². The standard InChI is InChI=1S/C17H12FNO2/c1-21-17-8-6-14(10-15(17)18)16(20)7-5-12-3-2-4-13(9-12)11-19/h2-10H,1H3/b7-5+. The summed E-state index contributed by atoms with van der Waals surface area (Å²) in [5, 5.41) is 8.80. The van der Waals surface area contributed by atoms with Crippen molar-refractivity contribution in [1.82, 2.24) is 0 Å². The first-order chi connectivity index (χ1) is 10.1. The number of halogens is 1. The van der Waals surface area contributed by atoms with E-state index in [4.69, 9.17) is 10.00 Å². The van der Waals surface area contributed by atoms with Crippen LogP contribution in [0.2, 0.25) is 0 Å². The Morgan fingerprint density at radius 3 is 2.76 bits per heavy atom. The van der Waals surface area contributed by atoms with Gasteiger partial charge >= 0.3 is 0 Å². The molecule has 0 fully saturated rings. The number of hydrogen-bond donors (Lipinski definition) is 0. The van der Waals surface area contributed by atoms with E-state index in [2.05, 4.69) is 0 Å². The molecule has 0 amide bonds. The van der Waals surface area contributed by atoms with Gasteiger partial charge in [-0.1, -0.05) is 18.2 Å². The fourth-order valence-corrected chi connectivity index (χ4v) is 1.80. The molecule has 104 valence electrons. The van der Waals surface area contributed by atoms with Crippen LogP contribution in [-0.2, 0) is 0 Å². The first-order valence-electron chi connectivity index (χ1n) is 6.20. The number of benzene rings is 2. The lowest BCUT2D eigenvalue weighted by Gasteiger charge is -2.02. The summed E-state index contributed by atoms with van der Waals surface area (Å²) in [4.78, 5) is 12.0. The Morgan fingerprint density at radius 1 is 1.29 bits per heavy atom. The van der Waals surface area contributed by atoms with Crippen LogP contribution in [0.5, 0.6) is 5.75 Å². The third-order valence-corrected chi connectivity index (χ3v) is 2.88. The topological polar surface area (TPSA) is 50.1 Å². The lowest BCUT2D eigenvalue weighted by atomic mass is 10.1. The fraction of sp³-hybridized carbons (Fsp3) is 0.0588. The average molecular weight is 281 g/mol. The Kier molecular flexibility index (Phi) is 4.47. The molecule has 0 saturated carbocycles. The van der Waals surface area contributed by atoms with Gasteiger partial charge in [0.1, 0.15) is 0 Å². The highest BCUT2D eigenvalue weighted by molar-refractivity contribution is 6.06. The van der Waals surface area contributed by atoms with Gasteiger partial charge in [0.05, 0.1) is 18.7 Å². The minimum atomic E-state index is -0.580. The van der Waals surface area contributed by atoms with Crippen LogP contribution in [0.4, 0.5) is 4.39 Å². The second-order valence-electron chi connectivity index (χ2n) is 4.28. The maximum atomic E-state index is 13.5. The number of ketones is 1. The number of methoxy groups -OCH3 is 1. The SMILES string of the molecule is COc1ccc(C(=O)/C=C/c2cccc(C#N)c2)cc1F. The molecule has 3 nitrogen and oxygen atoms in total. The van der Waals surface area contributed by atoms with Gasteiger partial charge < -0.3 is 4.74 Å². The molecule has 2 rings (SSSR count). The number of nitrogens with zero attached hydrogens (tertiary/aromatic N) is 1. The largest absolute Gasteiger partial charge is 0.494 e. The Bertz CT molecular complexity index is 745.